The summed E-state index contributed by atoms with van der Waals surface area (Å²) >= 11 is 5.20. The highest BCUT2D eigenvalue weighted by molar-refractivity contribution is 7.80. The molecule has 0 saturated carbocycles. The molecular weight excluding hydrogens is 407 g/mol. The maximum Gasteiger partial charge on any atom is 0.338 e. The first-order valence-corrected chi connectivity index (χ1v) is 9.29. The third-order valence-corrected chi connectivity index (χ3v) is 4.77. The van der Waals surface area contributed by atoms with Crippen LogP contribution in [0.2, 0.25) is 0 Å². The number of esters is 1. The number of hydrogen-bond acceptors (Lipinski definition) is 5. The zero-order valence-electron chi connectivity index (χ0n) is 15.7. The van der Waals surface area contributed by atoms with Gasteiger partial charge in [-0.1, -0.05) is 30.3 Å². The van der Waals surface area contributed by atoms with E-state index in [1.807, 2.05) is 0 Å². The third kappa shape index (κ3) is 3.48. The summed E-state index contributed by atoms with van der Waals surface area (Å²) in [4.78, 5) is 25.8. The number of methoxy groups -OCH3 is 1. The summed E-state index contributed by atoms with van der Waals surface area (Å²) in [5.41, 5.74) is 1.12. The fourth-order valence-electron chi connectivity index (χ4n) is 3.09. The summed E-state index contributed by atoms with van der Waals surface area (Å²) in [7, 11) is 1.30. The summed E-state index contributed by atoms with van der Waals surface area (Å²) in [6.45, 7) is 0. The maximum atomic E-state index is 14.1. The van der Waals surface area contributed by atoms with E-state index in [1.165, 1.54) is 31.4 Å². The SMILES string of the molecule is COC(=O)c1ccccc1-c1ccc(/C=C2\NC(=S)N(c3ccccc3F)C2=O)o1. The molecule has 0 spiro atoms. The van der Waals surface area contributed by atoms with E-state index in [9.17, 15) is 14.0 Å². The Bertz CT molecular complexity index is 1200. The number of carbonyl (C=O) groups excluding carboxylic acids is 2. The number of amides is 1. The van der Waals surface area contributed by atoms with Crippen molar-refractivity contribution in [3.8, 4) is 11.3 Å². The Labute approximate surface area is 176 Å². The Morgan fingerprint density at radius 2 is 1.87 bits per heavy atom. The molecule has 3 aromatic rings. The van der Waals surface area contributed by atoms with Crippen LogP contribution in [0.5, 0.6) is 0 Å². The summed E-state index contributed by atoms with van der Waals surface area (Å²) in [6.07, 6.45) is 1.47. The Morgan fingerprint density at radius 3 is 2.63 bits per heavy atom. The monoisotopic (exact) mass is 422 g/mol. The first kappa shape index (κ1) is 19.5. The van der Waals surface area contributed by atoms with Crippen molar-refractivity contribution in [3.63, 3.8) is 0 Å². The molecule has 30 heavy (non-hydrogen) atoms. The van der Waals surface area contributed by atoms with Crippen LogP contribution < -0.4 is 10.2 Å². The summed E-state index contributed by atoms with van der Waals surface area (Å²) < 4.78 is 24.7. The van der Waals surface area contributed by atoms with Gasteiger partial charge in [-0.25, -0.2) is 14.1 Å². The average Bonchev–Trinajstić information content (AvgIpc) is 3.32. The molecule has 2 aromatic carbocycles. The van der Waals surface area contributed by atoms with E-state index in [0.717, 1.165) is 4.90 Å². The summed E-state index contributed by atoms with van der Waals surface area (Å²) in [6, 6.07) is 16.1. The highest BCUT2D eigenvalue weighted by Gasteiger charge is 2.33. The Balaban J connectivity index is 1.65. The first-order chi connectivity index (χ1) is 14.5. The molecular formula is C22H15FN2O4S. The highest BCUT2D eigenvalue weighted by Crippen LogP contribution is 2.29. The van der Waals surface area contributed by atoms with E-state index in [1.54, 1.807) is 42.5 Å². The second kappa shape index (κ2) is 7.92. The van der Waals surface area contributed by atoms with Crippen molar-refractivity contribution < 1.29 is 23.1 Å². The molecule has 1 fully saturated rings. The largest absolute Gasteiger partial charge is 0.465 e. The van der Waals surface area contributed by atoms with Gasteiger partial charge in [-0.2, -0.15) is 0 Å². The zero-order valence-corrected chi connectivity index (χ0v) is 16.5. The number of hydrogen-bond donors (Lipinski definition) is 1. The lowest BCUT2D eigenvalue weighted by Gasteiger charge is -2.14. The third-order valence-electron chi connectivity index (χ3n) is 4.48. The van der Waals surface area contributed by atoms with Gasteiger partial charge in [-0.05, 0) is 42.5 Å². The van der Waals surface area contributed by atoms with Crippen LogP contribution in [0.15, 0.2) is 70.8 Å². The molecule has 1 aromatic heterocycles. The van der Waals surface area contributed by atoms with Crippen LogP contribution >= 0.6 is 12.2 Å². The summed E-state index contributed by atoms with van der Waals surface area (Å²) in [5.74, 6) is -0.755. The molecule has 8 heteroatoms. The molecule has 1 N–H and O–H groups in total. The molecule has 0 radical (unpaired) electrons. The zero-order chi connectivity index (χ0) is 21.3. The Kier molecular flexibility index (Phi) is 5.16. The average molecular weight is 422 g/mol. The smallest absolute Gasteiger partial charge is 0.338 e. The van der Waals surface area contributed by atoms with Crippen molar-refractivity contribution >= 4 is 41.0 Å². The number of ether oxygens (including phenoxy) is 1. The summed E-state index contributed by atoms with van der Waals surface area (Å²) in [5, 5.41) is 2.85. The van der Waals surface area contributed by atoms with Gasteiger partial charge >= 0.3 is 5.97 Å². The number of anilines is 1. The van der Waals surface area contributed by atoms with E-state index in [4.69, 9.17) is 21.4 Å². The molecule has 4 rings (SSSR count). The molecule has 0 unspecified atom stereocenters. The minimum Gasteiger partial charge on any atom is -0.465 e. The topological polar surface area (TPSA) is 71.8 Å². The van der Waals surface area contributed by atoms with Gasteiger partial charge in [0.1, 0.15) is 23.0 Å². The van der Waals surface area contributed by atoms with Crippen LogP contribution in [0.1, 0.15) is 16.1 Å². The molecule has 1 aliphatic rings. The molecule has 0 aliphatic carbocycles. The number of nitrogens with zero attached hydrogens (tertiary/aromatic N) is 1. The lowest BCUT2D eigenvalue weighted by Crippen LogP contribution is -2.31. The predicted molar refractivity (Wildman–Crippen MR) is 113 cm³/mol. The maximum absolute atomic E-state index is 14.1. The minimum absolute atomic E-state index is 0.0653. The predicted octanol–water partition coefficient (Wildman–Crippen LogP) is 4.13. The van der Waals surface area contributed by atoms with E-state index in [-0.39, 0.29) is 16.5 Å². The molecule has 0 bridgehead atoms. The number of thiocarbonyl (C=S) groups is 1. The molecule has 2 heterocycles. The minimum atomic E-state index is -0.559. The van der Waals surface area contributed by atoms with Crippen molar-refractivity contribution in [2.24, 2.45) is 0 Å². The normalized spacial score (nSPS) is 14.9. The highest BCUT2D eigenvalue weighted by atomic mass is 32.1. The second-order valence-electron chi connectivity index (χ2n) is 6.32. The van der Waals surface area contributed by atoms with Gasteiger partial charge in [0.15, 0.2) is 5.11 Å². The lowest BCUT2D eigenvalue weighted by atomic mass is 10.1. The van der Waals surface area contributed by atoms with Gasteiger partial charge in [0, 0.05) is 11.6 Å². The van der Waals surface area contributed by atoms with Crippen LogP contribution in [0.4, 0.5) is 10.1 Å². The first-order valence-electron chi connectivity index (χ1n) is 8.89. The standard InChI is InChI=1S/C22H15FN2O4S/c1-28-21(27)15-7-3-2-6-14(15)19-11-10-13(29-19)12-17-20(26)25(22(30)24-17)18-9-5-4-8-16(18)23/h2-12H,1H3,(H,24,30)/b17-12-. The Hall–Kier alpha value is -3.78. The van der Waals surface area contributed by atoms with Gasteiger partial charge in [-0.3, -0.25) is 4.79 Å². The van der Waals surface area contributed by atoms with Crippen molar-refractivity contribution in [1.29, 1.82) is 0 Å². The number of furan rings is 1. The van der Waals surface area contributed by atoms with E-state index >= 15 is 0 Å². The van der Waals surface area contributed by atoms with Crippen molar-refractivity contribution in [3.05, 3.63) is 83.5 Å². The quantitative estimate of drug-likeness (QED) is 0.387. The number of halogens is 1. The number of rotatable bonds is 4. The van der Waals surface area contributed by atoms with E-state index < -0.39 is 17.7 Å². The van der Waals surface area contributed by atoms with E-state index in [2.05, 4.69) is 5.32 Å². The van der Waals surface area contributed by atoms with Crippen molar-refractivity contribution in [2.45, 2.75) is 0 Å². The van der Waals surface area contributed by atoms with Gasteiger partial charge in [-0.15, -0.1) is 0 Å². The molecule has 0 atom stereocenters. The second-order valence-corrected chi connectivity index (χ2v) is 6.71. The molecule has 6 nitrogen and oxygen atoms in total. The van der Waals surface area contributed by atoms with Crippen LogP contribution in [0, 0.1) is 5.82 Å². The number of para-hydroxylation sites is 1. The molecule has 1 aliphatic heterocycles. The van der Waals surface area contributed by atoms with E-state index in [0.29, 0.717) is 22.6 Å². The van der Waals surface area contributed by atoms with Crippen LogP contribution in [0.3, 0.4) is 0 Å². The fourth-order valence-corrected chi connectivity index (χ4v) is 3.38. The molecule has 1 saturated heterocycles. The lowest BCUT2D eigenvalue weighted by molar-refractivity contribution is -0.113. The number of benzene rings is 2. The van der Waals surface area contributed by atoms with Crippen LogP contribution in [-0.4, -0.2) is 24.1 Å². The molecule has 150 valence electrons. The number of nitrogens with one attached hydrogen (secondary N) is 1. The van der Waals surface area contributed by atoms with Crippen LogP contribution in [0.25, 0.3) is 17.4 Å². The Morgan fingerprint density at radius 1 is 1.13 bits per heavy atom. The van der Waals surface area contributed by atoms with Crippen LogP contribution in [-0.2, 0) is 9.53 Å². The molecule has 1 amide bonds. The number of carbonyl (C=O) groups is 2. The van der Waals surface area contributed by atoms with Gasteiger partial charge in [0.05, 0.1) is 18.4 Å². The van der Waals surface area contributed by atoms with Gasteiger partial charge in [0.2, 0.25) is 0 Å². The van der Waals surface area contributed by atoms with Gasteiger partial charge in [0.25, 0.3) is 5.91 Å². The van der Waals surface area contributed by atoms with Crippen molar-refractivity contribution in [2.75, 3.05) is 12.0 Å². The van der Waals surface area contributed by atoms with Crippen molar-refractivity contribution in [1.82, 2.24) is 5.32 Å². The fraction of sp³-hybridized carbons (Fsp3) is 0.0455. The van der Waals surface area contributed by atoms with Gasteiger partial charge < -0.3 is 14.5 Å².